The zero-order valence-corrected chi connectivity index (χ0v) is 10.8. The molecular weight excluding hydrogens is 232 g/mol. The number of aliphatic hydroxyl groups excluding tert-OH is 1. The molecule has 1 saturated carbocycles. The van der Waals surface area contributed by atoms with Gasteiger partial charge >= 0.3 is 0 Å². The van der Waals surface area contributed by atoms with Crippen molar-refractivity contribution in [3.8, 4) is 0 Å². The van der Waals surface area contributed by atoms with E-state index in [1.54, 1.807) is 0 Å². The van der Waals surface area contributed by atoms with Crippen molar-refractivity contribution in [3.63, 3.8) is 0 Å². The molecule has 0 spiro atoms. The summed E-state index contributed by atoms with van der Waals surface area (Å²) in [4.78, 5) is 5.26. The van der Waals surface area contributed by atoms with E-state index in [0.717, 1.165) is 31.4 Å². The van der Waals surface area contributed by atoms with Gasteiger partial charge in [0.25, 0.3) is 0 Å². The van der Waals surface area contributed by atoms with Crippen LogP contribution in [0.5, 0.6) is 0 Å². The number of nitrogens with two attached hydrogens (primary N) is 1. The molecule has 3 N–H and O–H groups in total. The highest BCUT2D eigenvalue weighted by Crippen LogP contribution is 2.36. The molecule has 1 aromatic rings. The van der Waals surface area contributed by atoms with E-state index in [4.69, 9.17) is 5.73 Å². The Bertz CT molecular complexity index is 347. The molecule has 0 saturated heterocycles. The second-order valence-corrected chi connectivity index (χ2v) is 5.97. The molecule has 2 atom stereocenters. The number of aromatic nitrogens is 1. The lowest BCUT2D eigenvalue weighted by atomic mass is 9.87. The molecule has 1 aromatic heterocycles. The first kappa shape index (κ1) is 12.9. The summed E-state index contributed by atoms with van der Waals surface area (Å²) < 4.78 is 0. The summed E-state index contributed by atoms with van der Waals surface area (Å²) in [6, 6.07) is 4.06. The van der Waals surface area contributed by atoms with Gasteiger partial charge in [-0.15, -0.1) is 11.8 Å². The van der Waals surface area contributed by atoms with Crippen molar-refractivity contribution in [2.75, 3.05) is 12.4 Å². The minimum absolute atomic E-state index is 0.123. The van der Waals surface area contributed by atoms with Gasteiger partial charge in [0, 0.05) is 22.8 Å². The highest BCUT2D eigenvalue weighted by atomic mass is 32.2. The molecule has 0 bridgehead atoms. The highest BCUT2D eigenvalue weighted by Gasteiger charge is 2.38. The lowest BCUT2D eigenvalue weighted by molar-refractivity contribution is 0.158. The van der Waals surface area contributed by atoms with Crippen LogP contribution >= 0.6 is 11.8 Å². The maximum absolute atomic E-state index is 9.37. The largest absolute Gasteiger partial charge is 0.394 e. The molecule has 0 aromatic carbocycles. The number of thioether (sulfide) groups is 1. The Morgan fingerprint density at radius 3 is 2.94 bits per heavy atom. The van der Waals surface area contributed by atoms with Crippen molar-refractivity contribution in [1.29, 1.82) is 0 Å². The number of rotatable bonds is 5. The molecule has 0 amide bonds. The topological polar surface area (TPSA) is 59.1 Å². The van der Waals surface area contributed by atoms with Crippen LogP contribution in [0.3, 0.4) is 0 Å². The quantitative estimate of drug-likeness (QED) is 0.788. The molecule has 0 radical (unpaired) electrons. The molecule has 2 unspecified atom stereocenters. The second kappa shape index (κ2) is 5.85. The monoisotopic (exact) mass is 252 g/mol. The van der Waals surface area contributed by atoms with E-state index in [1.807, 2.05) is 36.3 Å². The lowest BCUT2D eigenvalue weighted by Crippen LogP contribution is -2.47. The second-order valence-electron chi connectivity index (χ2n) is 4.80. The number of nitrogens with zero attached hydrogens (tertiary/aromatic N) is 1. The fraction of sp³-hybridized carbons (Fsp3) is 0.615. The first-order chi connectivity index (χ1) is 8.24. The smallest absolute Gasteiger partial charge is 0.0613 e. The Hall–Kier alpha value is -0.580. The van der Waals surface area contributed by atoms with E-state index < -0.39 is 0 Å². The maximum atomic E-state index is 9.37. The number of pyridine rings is 1. The minimum atomic E-state index is -0.321. The number of aliphatic hydroxyl groups is 1. The Kier molecular flexibility index (Phi) is 4.42. The zero-order valence-electron chi connectivity index (χ0n) is 10.0. The van der Waals surface area contributed by atoms with Crippen molar-refractivity contribution in [1.82, 2.24) is 4.98 Å². The van der Waals surface area contributed by atoms with Gasteiger partial charge in [-0.3, -0.25) is 4.98 Å². The fourth-order valence-electron chi connectivity index (χ4n) is 2.56. The SMILES string of the molecule is NC1(CO)CCCC1CCSc1ccncc1. The average Bonchev–Trinajstić information content (AvgIpc) is 2.73. The normalized spacial score (nSPS) is 28.5. The van der Waals surface area contributed by atoms with Crippen LogP contribution < -0.4 is 5.73 Å². The third kappa shape index (κ3) is 3.21. The summed E-state index contributed by atoms with van der Waals surface area (Å²) in [5, 5.41) is 9.37. The molecule has 4 heteroatoms. The first-order valence-electron chi connectivity index (χ1n) is 6.17. The van der Waals surface area contributed by atoms with Gasteiger partial charge < -0.3 is 10.8 Å². The van der Waals surface area contributed by atoms with E-state index in [1.165, 1.54) is 4.90 Å². The lowest BCUT2D eigenvalue weighted by Gasteiger charge is -2.29. The van der Waals surface area contributed by atoms with Crippen molar-refractivity contribution >= 4 is 11.8 Å². The van der Waals surface area contributed by atoms with Gasteiger partial charge in [-0.05, 0) is 43.1 Å². The standard InChI is InChI=1S/C13H20N2OS/c14-13(10-16)6-1-2-11(13)5-9-17-12-3-7-15-8-4-12/h3-4,7-8,11,16H,1-2,5-6,9-10,14H2. The van der Waals surface area contributed by atoms with Crippen LogP contribution in [0.25, 0.3) is 0 Å². The van der Waals surface area contributed by atoms with E-state index in [9.17, 15) is 5.11 Å². The Balaban J connectivity index is 1.79. The van der Waals surface area contributed by atoms with Gasteiger partial charge in [0.05, 0.1) is 6.61 Å². The molecule has 1 aliphatic carbocycles. The predicted molar refractivity (Wildman–Crippen MR) is 70.9 cm³/mol. The van der Waals surface area contributed by atoms with Crippen molar-refractivity contribution < 1.29 is 5.11 Å². The summed E-state index contributed by atoms with van der Waals surface area (Å²) >= 11 is 1.84. The van der Waals surface area contributed by atoms with Crippen LogP contribution in [0.1, 0.15) is 25.7 Å². The van der Waals surface area contributed by atoms with Crippen LogP contribution in [-0.2, 0) is 0 Å². The molecule has 0 aliphatic heterocycles. The fourth-order valence-corrected chi connectivity index (χ4v) is 3.51. The molecule has 2 rings (SSSR count). The van der Waals surface area contributed by atoms with Gasteiger partial charge in [-0.1, -0.05) is 6.42 Å². The molecule has 1 aliphatic rings. The van der Waals surface area contributed by atoms with Gasteiger partial charge in [-0.2, -0.15) is 0 Å². The summed E-state index contributed by atoms with van der Waals surface area (Å²) in [7, 11) is 0. The van der Waals surface area contributed by atoms with Crippen LogP contribution in [0.2, 0.25) is 0 Å². The third-order valence-electron chi connectivity index (χ3n) is 3.69. The van der Waals surface area contributed by atoms with Crippen LogP contribution in [0, 0.1) is 5.92 Å². The highest BCUT2D eigenvalue weighted by molar-refractivity contribution is 7.99. The summed E-state index contributed by atoms with van der Waals surface area (Å²) in [5.41, 5.74) is 5.89. The maximum Gasteiger partial charge on any atom is 0.0613 e. The summed E-state index contributed by atoms with van der Waals surface area (Å²) in [6.07, 6.45) is 8.01. The first-order valence-corrected chi connectivity index (χ1v) is 7.16. The van der Waals surface area contributed by atoms with E-state index in [0.29, 0.717) is 5.92 Å². The van der Waals surface area contributed by atoms with Crippen molar-refractivity contribution in [3.05, 3.63) is 24.5 Å². The van der Waals surface area contributed by atoms with E-state index >= 15 is 0 Å². The van der Waals surface area contributed by atoms with Crippen LogP contribution in [0.4, 0.5) is 0 Å². The number of hydrogen-bond acceptors (Lipinski definition) is 4. The molecule has 17 heavy (non-hydrogen) atoms. The molecule has 1 fully saturated rings. The van der Waals surface area contributed by atoms with Crippen LogP contribution in [-0.4, -0.2) is 28.0 Å². The molecular formula is C13H20N2OS. The zero-order chi connectivity index (χ0) is 12.1. The van der Waals surface area contributed by atoms with E-state index in [-0.39, 0.29) is 12.1 Å². The molecule has 3 nitrogen and oxygen atoms in total. The molecule has 1 heterocycles. The van der Waals surface area contributed by atoms with E-state index in [2.05, 4.69) is 4.98 Å². The minimum Gasteiger partial charge on any atom is -0.394 e. The van der Waals surface area contributed by atoms with Gasteiger partial charge in [0.2, 0.25) is 0 Å². The average molecular weight is 252 g/mol. The third-order valence-corrected chi connectivity index (χ3v) is 4.73. The summed E-state index contributed by atoms with van der Waals surface area (Å²) in [5.74, 6) is 1.54. The van der Waals surface area contributed by atoms with Crippen molar-refractivity contribution in [2.24, 2.45) is 11.7 Å². The Morgan fingerprint density at radius 2 is 2.24 bits per heavy atom. The Labute approximate surface area is 107 Å². The van der Waals surface area contributed by atoms with Gasteiger partial charge in [0.15, 0.2) is 0 Å². The van der Waals surface area contributed by atoms with Crippen LogP contribution in [0.15, 0.2) is 29.4 Å². The molecule has 94 valence electrons. The van der Waals surface area contributed by atoms with Gasteiger partial charge in [0.1, 0.15) is 0 Å². The predicted octanol–water partition coefficient (Wildman–Crippen LogP) is 2.05. The van der Waals surface area contributed by atoms with Crippen molar-refractivity contribution in [2.45, 2.75) is 36.1 Å². The number of hydrogen-bond donors (Lipinski definition) is 2. The summed E-state index contributed by atoms with van der Waals surface area (Å²) in [6.45, 7) is 0.123. The van der Waals surface area contributed by atoms with Gasteiger partial charge in [-0.25, -0.2) is 0 Å². The Morgan fingerprint density at radius 1 is 1.47 bits per heavy atom.